The fraction of sp³-hybridized carbons (Fsp3) is 0.818. The average molecular weight is 227 g/mol. The van der Waals surface area contributed by atoms with Crippen LogP contribution in [0.25, 0.3) is 0 Å². The molecule has 0 spiro atoms. The van der Waals surface area contributed by atoms with Crippen LogP contribution in [0.15, 0.2) is 0 Å². The van der Waals surface area contributed by atoms with Crippen molar-refractivity contribution < 1.29 is 9.59 Å². The molecular formula is C11H21N3O2. The summed E-state index contributed by atoms with van der Waals surface area (Å²) in [7, 11) is 0. The molecular weight excluding hydrogens is 206 g/mol. The van der Waals surface area contributed by atoms with E-state index in [1.54, 1.807) is 4.90 Å². The summed E-state index contributed by atoms with van der Waals surface area (Å²) in [4.78, 5) is 24.6. The second-order valence-electron chi connectivity index (χ2n) is 4.31. The molecule has 92 valence electrons. The summed E-state index contributed by atoms with van der Waals surface area (Å²) in [6.07, 6.45) is 2.23. The Morgan fingerprint density at radius 2 is 2.12 bits per heavy atom. The summed E-state index contributed by atoms with van der Waals surface area (Å²) in [5, 5.41) is 5.27. The van der Waals surface area contributed by atoms with Gasteiger partial charge in [0.1, 0.15) is 0 Å². The maximum atomic E-state index is 11.7. The van der Waals surface area contributed by atoms with Crippen LogP contribution in [0.2, 0.25) is 0 Å². The van der Waals surface area contributed by atoms with Crippen molar-refractivity contribution in [3.63, 3.8) is 0 Å². The van der Waals surface area contributed by atoms with E-state index in [0.29, 0.717) is 12.5 Å². The highest BCUT2D eigenvalue weighted by molar-refractivity contribution is 5.83. The lowest BCUT2D eigenvalue weighted by atomic mass is 10.0. The molecule has 5 heteroatoms. The van der Waals surface area contributed by atoms with Crippen LogP contribution in [0.4, 0.5) is 4.79 Å². The Bertz CT molecular complexity index is 256. The van der Waals surface area contributed by atoms with Crippen molar-refractivity contribution in [1.29, 1.82) is 0 Å². The van der Waals surface area contributed by atoms with E-state index in [4.69, 9.17) is 0 Å². The first-order chi connectivity index (χ1) is 7.63. The Morgan fingerprint density at radius 3 is 2.75 bits per heavy atom. The molecule has 1 fully saturated rings. The molecule has 1 rings (SSSR count). The molecule has 0 aliphatic carbocycles. The average Bonchev–Trinajstić information content (AvgIpc) is 2.26. The molecule has 0 aromatic carbocycles. The minimum Gasteiger partial charge on any atom is -0.355 e. The van der Waals surface area contributed by atoms with Gasteiger partial charge in [0.2, 0.25) is 5.91 Å². The molecule has 1 saturated heterocycles. The molecule has 1 aliphatic heterocycles. The zero-order valence-corrected chi connectivity index (χ0v) is 10.1. The number of nitrogens with zero attached hydrogens (tertiary/aromatic N) is 1. The summed E-state index contributed by atoms with van der Waals surface area (Å²) in [5.41, 5.74) is 0. The van der Waals surface area contributed by atoms with Gasteiger partial charge in [0, 0.05) is 19.6 Å². The molecule has 0 aromatic heterocycles. The van der Waals surface area contributed by atoms with E-state index in [9.17, 15) is 9.59 Å². The van der Waals surface area contributed by atoms with Crippen molar-refractivity contribution in [3.8, 4) is 0 Å². The highest BCUT2D eigenvalue weighted by Gasteiger charge is 2.20. The Balaban J connectivity index is 2.26. The van der Waals surface area contributed by atoms with Crippen molar-refractivity contribution in [2.24, 2.45) is 5.92 Å². The van der Waals surface area contributed by atoms with Crippen LogP contribution in [0.1, 0.15) is 26.7 Å². The first-order valence-corrected chi connectivity index (χ1v) is 5.93. The molecule has 0 saturated carbocycles. The molecule has 0 aromatic rings. The van der Waals surface area contributed by atoms with Crippen LogP contribution < -0.4 is 10.6 Å². The van der Waals surface area contributed by atoms with Gasteiger partial charge in [-0.05, 0) is 25.7 Å². The van der Waals surface area contributed by atoms with Gasteiger partial charge in [0.05, 0.1) is 6.54 Å². The Kier molecular flexibility index (Phi) is 5.08. The number of rotatable bonds is 3. The van der Waals surface area contributed by atoms with E-state index in [2.05, 4.69) is 17.6 Å². The van der Waals surface area contributed by atoms with Crippen LogP contribution in [0, 0.1) is 5.92 Å². The molecule has 1 atom stereocenters. The number of likely N-dealkylation sites (N-methyl/N-ethyl adjacent to an activating group) is 1. The van der Waals surface area contributed by atoms with Crippen molar-refractivity contribution >= 4 is 11.9 Å². The molecule has 5 nitrogen and oxygen atoms in total. The maximum absolute atomic E-state index is 11.7. The smallest absolute Gasteiger partial charge is 0.317 e. The second kappa shape index (κ2) is 6.35. The van der Waals surface area contributed by atoms with Gasteiger partial charge in [0.25, 0.3) is 0 Å². The molecule has 3 amide bonds. The van der Waals surface area contributed by atoms with Gasteiger partial charge in [-0.1, -0.05) is 6.92 Å². The standard InChI is InChI=1S/C11H21N3O2/c1-3-12-10(15)7-13-11(16)14-6-4-5-9(2)8-14/h9H,3-8H2,1-2H3,(H,12,15)(H,13,16). The van der Waals surface area contributed by atoms with E-state index in [1.807, 2.05) is 6.92 Å². The molecule has 0 bridgehead atoms. The number of hydrogen-bond donors (Lipinski definition) is 2. The third-order valence-electron chi connectivity index (χ3n) is 2.72. The number of amides is 3. The third kappa shape index (κ3) is 4.08. The van der Waals surface area contributed by atoms with Gasteiger partial charge in [0.15, 0.2) is 0 Å². The van der Waals surface area contributed by atoms with Crippen LogP contribution in [0.3, 0.4) is 0 Å². The predicted octanol–water partition coefficient (Wildman–Crippen LogP) is 0.564. The number of carbonyl (C=O) groups is 2. The molecule has 1 heterocycles. The fourth-order valence-electron chi connectivity index (χ4n) is 1.90. The first kappa shape index (κ1) is 12.8. The Morgan fingerprint density at radius 1 is 1.38 bits per heavy atom. The lowest BCUT2D eigenvalue weighted by Crippen LogP contribution is -2.47. The largest absolute Gasteiger partial charge is 0.355 e. The number of likely N-dealkylation sites (tertiary alicyclic amines) is 1. The molecule has 16 heavy (non-hydrogen) atoms. The van der Waals surface area contributed by atoms with E-state index in [-0.39, 0.29) is 18.5 Å². The van der Waals surface area contributed by atoms with E-state index < -0.39 is 0 Å². The normalized spacial score (nSPS) is 20.4. The zero-order valence-electron chi connectivity index (χ0n) is 10.1. The van der Waals surface area contributed by atoms with Crippen LogP contribution in [0.5, 0.6) is 0 Å². The first-order valence-electron chi connectivity index (χ1n) is 5.93. The highest BCUT2D eigenvalue weighted by Crippen LogP contribution is 2.14. The van der Waals surface area contributed by atoms with Crippen LogP contribution in [-0.2, 0) is 4.79 Å². The summed E-state index contributed by atoms with van der Waals surface area (Å²) in [6, 6.07) is -0.127. The SMILES string of the molecule is CCNC(=O)CNC(=O)N1CCCC(C)C1. The number of urea groups is 1. The van der Waals surface area contributed by atoms with Gasteiger partial charge in [-0.25, -0.2) is 4.79 Å². The number of nitrogens with one attached hydrogen (secondary N) is 2. The van der Waals surface area contributed by atoms with Crippen LogP contribution >= 0.6 is 0 Å². The van der Waals surface area contributed by atoms with Gasteiger partial charge < -0.3 is 15.5 Å². The lowest BCUT2D eigenvalue weighted by Gasteiger charge is -2.30. The van der Waals surface area contributed by atoms with Gasteiger partial charge in [-0.15, -0.1) is 0 Å². The molecule has 1 aliphatic rings. The van der Waals surface area contributed by atoms with E-state index in [0.717, 1.165) is 19.5 Å². The number of hydrogen-bond acceptors (Lipinski definition) is 2. The van der Waals surface area contributed by atoms with Crippen LogP contribution in [-0.4, -0.2) is 43.0 Å². The number of piperidine rings is 1. The van der Waals surface area contributed by atoms with E-state index in [1.165, 1.54) is 6.42 Å². The molecule has 1 unspecified atom stereocenters. The molecule has 2 N–H and O–H groups in total. The second-order valence-corrected chi connectivity index (χ2v) is 4.31. The highest BCUT2D eigenvalue weighted by atomic mass is 16.2. The third-order valence-corrected chi connectivity index (χ3v) is 2.72. The topological polar surface area (TPSA) is 61.4 Å². The van der Waals surface area contributed by atoms with Gasteiger partial charge in [-0.2, -0.15) is 0 Å². The monoisotopic (exact) mass is 227 g/mol. The predicted molar refractivity (Wildman–Crippen MR) is 62.1 cm³/mol. The lowest BCUT2D eigenvalue weighted by molar-refractivity contribution is -0.120. The van der Waals surface area contributed by atoms with Crippen molar-refractivity contribution in [3.05, 3.63) is 0 Å². The molecule has 0 radical (unpaired) electrons. The fourth-order valence-corrected chi connectivity index (χ4v) is 1.90. The minimum atomic E-state index is -0.138. The van der Waals surface area contributed by atoms with Gasteiger partial charge >= 0.3 is 6.03 Å². The van der Waals surface area contributed by atoms with Crippen molar-refractivity contribution in [1.82, 2.24) is 15.5 Å². The zero-order chi connectivity index (χ0) is 12.0. The summed E-state index contributed by atoms with van der Waals surface area (Å²) >= 11 is 0. The summed E-state index contributed by atoms with van der Waals surface area (Å²) in [6.45, 7) is 6.25. The van der Waals surface area contributed by atoms with Crippen molar-refractivity contribution in [2.45, 2.75) is 26.7 Å². The van der Waals surface area contributed by atoms with E-state index >= 15 is 0 Å². The Labute approximate surface area is 96.6 Å². The summed E-state index contributed by atoms with van der Waals surface area (Å²) < 4.78 is 0. The Hall–Kier alpha value is -1.26. The van der Waals surface area contributed by atoms with Gasteiger partial charge in [-0.3, -0.25) is 4.79 Å². The summed E-state index contributed by atoms with van der Waals surface area (Å²) in [5.74, 6) is 0.421. The minimum absolute atomic E-state index is 0.0670. The van der Waals surface area contributed by atoms with Crippen molar-refractivity contribution in [2.75, 3.05) is 26.2 Å². The quantitative estimate of drug-likeness (QED) is 0.740. The maximum Gasteiger partial charge on any atom is 0.317 e. The number of carbonyl (C=O) groups excluding carboxylic acids is 2.